The molecule has 1 aliphatic rings. The molecule has 0 aromatic carbocycles. The molecule has 0 radical (unpaired) electrons. The van der Waals surface area contributed by atoms with E-state index in [4.69, 9.17) is 5.84 Å². The number of hydrogen-bond acceptors (Lipinski definition) is 6. The Morgan fingerprint density at radius 2 is 2.18 bits per heavy atom. The van der Waals surface area contributed by atoms with Crippen molar-refractivity contribution >= 4 is 17.6 Å². The van der Waals surface area contributed by atoms with Gasteiger partial charge in [-0.3, -0.25) is 4.90 Å². The lowest BCUT2D eigenvalue weighted by atomic mass is 10.2. The van der Waals surface area contributed by atoms with Crippen molar-refractivity contribution in [1.82, 2.24) is 14.9 Å². The normalized spacial score (nSPS) is 21.5. The first-order chi connectivity index (χ1) is 8.13. The third-order valence-corrected chi connectivity index (χ3v) is 4.26. The van der Waals surface area contributed by atoms with Crippen LogP contribution in [0, 0.1) is 13.8 Å². The molecule has 0 amide bonds. The maximum absolute atomic E-state index is 5.49. The van der Waals surface area contributed by atoms with E-state index in [1.165, 1.54) is 5.75 Å². The van der Waals surface area contributed by atoms with Gasteiger partial charge in [0.25, 0.3) is 0 Å². The van der Waals surface area contributed by atoms with E-state index < -0.39 is 0 Å². The Balaban J connectivity index is 2.34. The second-order valence-corrected chi connectivity index (χ2v) is 5.51. The maximum atomic E-state index is 5.49. The first-order valence-corrected chi connectivity index (χ1v) is 6.88. The quantitative estimate of drug-likeness (QED) is 0.608. The predicted octanol–water partition coefficient (Wildman–Crippen LogP) is 1.10. The van der Waals surface area contributed by atoms with E-state index in [1.807, 2.05) is 25.6 Å². The molecule has 2 heterocycles. The van der Waals surface area contributed by atoms with Crippen molar-refractivity contribution in [1.29, 1.82) is 0 Å². The molecular weight excluding hydrogens is 234 g/mol. The molecule has 1 atom stereocenters. The fourth-order valence-corrected chi connectivity index (χ4v) is 3.11. The summed E-state index contributed by atoms with van der Waals surface area (Å²) >= 11 is 1.95. The van der Waals surface area contributed by atoms with E-state index >= 15 is 0 Å². The highest BCUT2D eigenvalue weighted by molar-refractivity contribution is 7.99. The van der Waals surface area contributed by atoms with Crippen molar-refractivity contribution < 1.29 is 0 Å². The molecule has 1 fully saturated rings. The van der Waals surface area contributed by atoms with Crippen LogP contribution in [-0.2, 0) is 0 Å². The zero-order chi connectivity index (χ0) is 12.4. The summed E-state index contributed by atoms with van der Waals surface area (Å²) in [5.41, 5.74) is 4.66. The molecule has 0 aliphatic carbocycles. The molecule has 6 heteroatoms. The van der Waals surface area contributed by atoms with Gasteiger partial charge >= 0.3 is 0 Å². The van der Waals surface area contributed by atoms with Gasteiger partial charge in [-0.2, -0.15) is 11.8 Å². The van der Waals surface area contributed by atoms with Gasteiger partial charge in [-0.05, 0) is 20.9 Å². The summed E-state index contributed by atoms with van der Waals surface area (Å²) in [5, 5.41) is 0. The van der Waals surface area contributed by atoms with Crippen LogP contribution in [-0.4, -0.2) is 40.0 Å². The molecule has 2 rings (SSSR count). The van der Waals surface area contributed by atoms with Gasteiger partial charge in [-0.25, -0.2) is 15.8 Å². The second kappa shape index (κ2) is 5.20. The highest BCUT2D eigenvalue weighted by Crippen LogP contribution is 2.27. The van der Waals surface area contributed by atoms with Crippen LogP contribution in [0.5, 0.6) is 0 Å². The number of nitrogens with zero attached hydrogens (tertiary/aromatic N) is 3. The summed E-state index contributed by atoms with van der Waals surface area (Å²) in [4.78, 5) is 11.4. The lowest BCUT2D eigenvalue weighted by Gasteiger charge is -2.31. The molecule has 94 valence electrons. The third kappa shape index (κ3) is 2.53. The van der Waals surface area contributed by atoms with Gasteiger partial charge in [-0.1, -0.05) is 0 Å². The van der Waals surface area contributed by atoms with Gasteiger partial charge in [-0.15, -0.1) is 0 Å². The third-order valence-electron chi connectivity index (χ3n) is 3.24. The second-order valence-electron chi connectivity index (χ2n) is 4.36. The van der Waals surface area contributed by atoms with Crippen molar-refractivity contribution in [3.05, 3.63) is 17.1 Å². The van der Waals surface area contributed by atoms with Crippen LogP contribution in [0.3, 0.4) is 0 Å². The Morgan fingerprint density at radius 1 is 1.41 bits per heavy atom. The van der Waals surface area contributed by atoms with Gasteiger partial charge in [0.1, 0.15) is 11.6 Å². The zero-order valence-corrected chi connectivity index (χ0v) is 11.3. The number of thioether (sulfide) groups is 1. The van der Waals surface area contributed by atoms with Crippen LogP contribution in [0.4, 0.5) is 5.82 Å². The highest BCUT2D eigenvalue weighted by atomic mass is 32.2. The molecule has 1 saturated heterocycles. The fraction of sp³-hybridized carbons (Fsp3) is 0.636. The molecule has 0 bridgehead atoms. The summed E-state index contributed by atoms with van der Waals surface area (Å²) in [7, 11) is 2.12. The molecule has 1 unspecified atom stereocenters. The lowest BCUT2D eigenvalue weighted by molar-refractivity contribution is 0.264. The summed E-state index contributed by atoms with van der Waals surface area (Å²) in [6.07, 6.45) is 0. The van der Waals surface area contributed by atoms with Gasteiger partial charge in [0.2, 0.25) is 0 Å². The number of nitrogens with two attached hydrogens (primary N) is 1. The van der Waals surface area contributed by atoms with Crippen LogP contribution in [0.15, 0.2) is 0 Å². The number of anilines is 1. The molecule has 0 spiro atoms. The van der Waals surface area contributed by atoms with Crippen molar-refractivity contribution in [3.8, 4) is 0 Å². The van der Waals surface area contributed by atoms with Crippen molar-refractivity contribution in [3.63, 3.8) is 0 Å². The molecule has 1 aromatic heterocycles. The Kier molecular flexibility index (Phi) is 3.86. The number of rotatable bonds is 2. The summed E-state index contributed by atoms with van der Waals surface area (Å²) in [6, 6.07) is 0.292. The molecule has 1 aromatic rings. The average molecular weight is 253 g/mol. The number of nitrogens with one attached hydrogen (secondary N) is 1. The minimum Gasteiger partial charge on any atom is -0.308 e. The minimum absolute atomic E-state index is 0.292. The van der Waals surface area contributed by atoms with Crippen LogP contribution >= 0.6 is 11.8 Å². The topological polar surface area (TPSA) is 67.1 Å². The fourth-order valence-electron chi connectivity index (χ4n) is 1.90. The smallest absolute Gasteiger partial charge is 0.149 e. The van der Waals surface area contributed by atoms with E-state index in [0.717, 1.165) is 35.2 Å². The molecular formula is C11H19N5S. The van der Waals surface area contributed by atoms with Crippen molar-refractivity contribution in [2.24, 2.45) is 5.84 Å². The molecule has 1 aliphatic heterocycles. The molecule has 3 N–H and O–H groups in total. The number of aryl methyl sites for hydroxylation is 1. The first-order valence-electron chi connectivity index (χ1n) is 5.73. The van der Waals surface area contributed by atoms with E-state index in [0.29, 0.717) is 6.04 Å². The lowest BCUT2D eigenvalue weighted by Crippen LogP contribution is -2.34. The summed E-state index contributed by atoms with van der Waals surface area (Å²) in [5.74, 6) is 9.32. The van der Waals surface area contributed by atoms with Crippen LogP contribution < -0.4 is 11.3 Å². The predicted molar refractivity (Wildman–Crippen MR) is 72.0 cm³/mol. The number of hydrogen-bond donors (Lipinski definition) is 2. The molecule has 17 heavy (non-hydrogen) atoms. The van der Waals surface area contributed by atoms with E-state index in [2.05, 4.69) is 27.3 Å². The van der Waals surface area contributed by atoms with Gasteiger partial charge < -0.3 is 5.43 Å². The van der Waals surface area contributed by atoms with Crippen LogP contribution in [0.25, 0.3) is 0 Å². The van der Waals surface area contributed by atoms with Crippen molar-refractivity contribution in [2.45, 2.75) is 19.9 Å². The van der Waals surface area contributed by atoms with E-state index in [9.17, 15) is 0 Å². The van der Waals surface area contributed by atoms with E-state index in [-0.39, 0.29) is 0 Å². The largest absolute Gasteiger partial charge is 0.308 e. The Hall–Kier alpha value is -0.850. The first kappa shape index (κ1) is 12.6. The van der Waals surface area contributed by atoms with Gasteiger partial charge in [0.15, 0.2) is 0 Å². The zero-order valence-electron chi connectivity index (χ0n) is 10.5. The molecule has 0 saturated carbocycles. The standard InChI is InChI=1S/C11H19N5S/c1-7-8(2)13-11(14-10(7)15-12)9-6-17-5-4-16(9)3/h9H,4-6,12H2,1-3H3,(H,13,14,15). The maximum Gasteiger partial charge on any atom is 0.149 e. The SMILES string of the molecule is Cc1nc(C2CSCCN2C)nc(NN)c1C. The van der Waals surface area contributed by atoms with Crippen LogP contribution in [0.1, 0.15) is 23.1 Å². The molecule has 5 nitrogen and oxygen atoms in total. The Labute approximate surface area is 106 Å². The van der Waals surface area contributed by atoms with Crippen LogP contribution in [0.2, 0.25) is 0 Å². The van der Waals surface area contributed by atoms with Crippen molar-refractivity contribution in [2.75, 3.05) is 30.5 Å². The number of nitrogen functional groups attached to an aromatic ring is 1. The van der Waals surface area contributed by atoms with Gasteiger partial charge in [0, 0.05) is 29.3 Å². The highest BCUT2D eigenvalue weighted by Gasteiger charge is 2.24. The average Bonchev–Trinajstić information content (AvgIpc) is 2.33. The van der Waals surface area contributed by atoms with Gasteiger partial charge in [0.05, 0.1) is 6.04 Å². The summed E-state index contributed by atoms with van der Waals surface area (Å²) < 4.78 is 0. The minimum atomic E-state index is 0.292. The van der Waals surface area contributed by atoms with E-state index in [1.54, 1.807) is 0 Å². The Morgan fingerprint density at radius 3 is 2.82 bits per heavy atom. The number of aromatic nitrogens is 2. The Bertz CT molecular complexity index is 409. The summed E-state index contributed by atoms with van der Waals surface area (Å²) in [6.45, 7) is 5.06. The number of hydrazine groups is 1. The monoisotopic (exact) mass is 253 g/mol.